The molecule has 5 heteroatoms. The molecule has 0 atom stereocenters. The Morgan fingerprint density at radius 3 is 2.50 bits per heavy atom. The Morgan fingerprint density at radius 2 is 1.83 bits per heavy atom. The molecule has 1 saturated heterocycles. The standard InChI is InChI=1S/C19H31N3O2/c1-21(13-14-24-2)19(23)20-15-17-9-5-6-10-18(17)16-22-11-7-3-4-8-12-22/h5-6,9-10H,3-4,7-8,11-16H2,1-2H3,(H,20,23). The van der Waals surface area contributed by atoms with Gasteiger partial charge in [0.2, 0.25) is 0 Å². The van der Waals surface area contributed by atoms with Gasteiger partial charge >= 0.3 is 6.03 Å². The predicted octanol–water partition coefficient (Wildman–Crippen LogP) is 2.85. The van der Waals surface area contributed by atoms with Crippen molar-refractivity contribution in [1.29, 1.82) is 0 Å². The van der Waals surface area contributed by atoms with Gasteiger partial charge in [0.25, 0.3) is 0 Å². The number of ether oxygens (including phenoxy) is 1. The lowest BCUT2D eigenvalue weighted by Crippen LogP contribution is -2.38. The molecule has 24 heavy (non-hydrogen) atoms. The fraction of sp³-hybridized carbons (Fsp3) is 0.632. The average molecular weight is 333 g/mol. The van der Waals surface area contributed by atoms with Crippen LogP contribution in [-0.2, 0) is 17.8 Å². The van der Waals surface area contributed by atoms with Crippen molar-refractivity contribution in [2.75, 3.05) is 40.4 Å². The maximum Gasteiger partial charge on any atom is 0.317 e. The van der Waals surface area contributed by atoms with E-state index in [2.05, 4.69) is 28.4 Å². The zero-order chi connectivity index (χ0) is 17.2. The van der Waals surface area contributed by atoms with Gasteiger partial charge in [-0.3, -0.25) is 4.90 Å². The Bertz CT molecular complexity index is 499. The van der Waals surface area contributed by atoms with Gasteiger partial charge in [-0.1, -0.05) is 37.1 Å². The lowest BCUT2D eigenvalue weighted by Gasteiger charge is -2.22. The van der Waals surface area contributed by atoms with Gasteiger partial charge in [-0.15, -0.1) is 0 Å². The van der Waals surface area contributed by atoms with Crippen LogP contribution in [0.1, 0.15) is 36.8 Å². The first-order chi connectivity index (χ1) is 11.7. The first kappa shape index (κ1) is 18.7. The van der Waals surface area contributed by atoms with Crippen LogP contribution in [0.2, 0.25) is 0 Å². The van der Waals surface area contributed by atoms with Crippen molar-refractivity contribution >= 4 is 6.03 Å². The molecule has 1 aliphatic rings. The zero-order valence-electron chi connectivity index (χ0n) is 15.1. The number of nitrogens with one attached hydrogen (secondary N) is 1. The third-order valence-electron chi connectivity index (χ3n) is 4.62. The normalized spacial score (nSPS) is 15.8. The van der Waals surface area contributed by atoms with E-state index in [1.807, 2.05) is 6.07 Å². The molecule has 134 valence electrons. The molecule has 1 aromatic rings. The summed E-state index contributed by atoms with van der Waals surface area (Å²) in [6, 6.07) is 8.37. The second-order valence-corrected chi connectivity index (χ2v) is 6.53. The average Bonchev–Trinajstić information content (AvgIpc) is 2.87. The second-order valence-electron chi connectivity index (χ2n) is 6.53. The summed E-state index contributed by atoms with van der Waals surface area (Å²) in [5.41, 5.74) is 2.52. The van der Waals surface area contributed by atoms with E-state index in [1.54, 1.807) is 19.1 Å². The first-order valence-corrected chi connectivity index (χ1v) is 8.97. The Labute approximate surface area is 146 Å². The summed E-state index contributed by atoms with van der Waals surface area (Å²) < 4.78 is 5.01. The van der Waals surface area contributed by atoms with Crippen LogP contribution >= 0.6 is 0 Å². The van der Waals surface area contributed by atoms with E-state index in [0.29, 0.717) is 19.7 Å². The highest BCUT2D eigenvalue weighted by Gasteiger charge is 2.13. The largest absolute Gasteiger partial charge is 0.383 e. The van der Waals surface area contributed by atoms with Crippen molar-refractivity contribution < 1.29 is 9.53 Å². The molecule has 0 saturated carbocycles. The van der Waals surface area contributed by atoms with Gasteiger partial charge in [-0.2, -0.15) is 0 Å². The Balaban J connectivity index is 1.89. The van der Waals surface area contributed by atoms with Crippen molar-refractivity contribution in [2.45, 2.75) is 38.8 Å². The van der Waals surface area contributed by atoms with Crippen molar-refractivity contribution in [3.63, 3.8) is 0 Å². The Morgan fingerprint density at radius 1 is 1.17 bits per heavy atom. The number of likely N-dealkylation sites (N-methyl/N-ethyl adjacent to an activating group) is 1. The van der Waals surface area contributed by atoms with Crippen LogP contribution in [0.25, 0.3) is 0 Å². The second kappa shape index (κ2) is 10.3. The molecule has 2 amide bonds. The summed E-state index contributed by atoms with van der Waals surface area (Å²) in [4.78, 5) is 16.3. The van der Waals surface area contributed by atoms with E-state index < -0.39 is 0 Å². The summed E-state index contributed by atoms with van der Waals surface area (Å²) >= 11 is 0. The number of carbonyl (C=O) groups excluding carboxylic acids is 1. The summed E-state index contributed by atoms with van der Waals surface area (Å²) in [5, 5.41) is 3.01. The zero-order valence-corrected chi connectivity index (χ0v) is 15.1. The van der Waals surface area contributed by atoms with Crippen molar-refractivity contribution in [3.8, 4) is 0 Å². The van der Waals surface area contributed by atoms with E-state index in [4.69, 9.17) is 4.74 Å². The molecule has 0 unspecified atom stereocenters. The number of methoxy groups -OCH3 is 1. The smallest absolute Gasteiger partial charge is 0.317 e. The van der Waals surface area contributed by atoms with Crippen LogP contribution in [0, 0.1) is 0 Å². The number of hydrogen-bond acceptors (Lipinski definition) is 3. The minimum atomic E-state index is -0.0587. The van der Waals surface area contributed by atoms with Crippen LogP contribution in [0.4, 0.5) is 4.79 Å². The molecule has 0 radical (unpaired) electrons. The maximum absolute atomic E-state index is 12.1. The molecule has 0 spiro atoms. The number of rotatable bonds is 7. The molecule has 1 aliphatic heterocycles. The van der Waals surface area contributed by atoms with Gasteiger partial charge in [0.05, 0.1) is 6.61 Å². The quantitative estimate of drug-likeness (QED) is 0.834. The molecule has 0 bridgehead atoms. The Hall–Kier alpha value is -1.59. The van der Waals surface area contributed by atoms with Crippen LogP contribution in [-0.4, -0.2) is 56.2 Å². The van der Waals surface area contributed by atoms with Crippen molar-refractivity contribution in [2.24, 2.45) is 0 Å². The lowest BCUT2D eigenvalue weighted by molar-refractivity contribution is 0.159. The number of carbonyl (C=O) groups is 1. The summed E-state index contributed by atoms with van der Waals surface area (Å²) in [6.45, 7) is 5.06. The lowest BCUT2D eigenvalue weighted by atomic mass is 10.1. The maximum atomic E-state index is 12.1. The van der Waals surface area contributed by atoms with Crippen molar-refractivity contribution in [1.82, 2.24) is 15.1 Å². The number of hydrogen-bond donors (Lipinski definition) is 1. The van der Waals surface area contributed by atoms with Gasteiger partial charge < -0.3 is 15.0 Å². The van der Waals surface area contributed by atoms with Crippen LogP contribution in [0.3, 0.4) is 0 Å². The number of likely N-dealkylation sites (tertiary alicyclic amines) is 1. The molecule has 2 rings (SSSR count). The van der Waals surface area contributed by atoms with Crippen LogP contribution < -0.4 is 5.32 Å². The topological polar surface area (TPSA) is 44.8 Å². The van der Waals surface area contributed by atoms with Crippen molar-refractivity contribution in [3.05, 3.63) is 35.4 Å². The number of urea groups is 1. The highest BCUT2D eigenvalue weighted by molar-refractivity contribution is 5.73. The molecular weight excluding hydrogens is 302 g/mol. The molecular formula is C19H31N3O2. The number of benzene rings is 1. The molecule has 1 fully saturated rings. The van der Waals surface area contributed by atoms with Gasteiger partial charge in [-0.05, 0) is 37.1 Å². The van der Waals surface area contributed by atoms with Gasteiger partial charge in [0, 0.05) is 33.8 Å². The SMILES string of the molecule is COCCN(C)C(=O)NCc1ccccc1CN1CCCCCC1. The van der Waals surface area contributed by atoms with E-state index in [1.165, 1.54) is 49.9 Å². The molecule has 0 aromatic heterocycles. The Kier molecular flexibility index (Phi) is 8.05. The summed E-state index contributed by atoms with van der Waals surface area (Å²) in [7, 11) is 3.43. The van der Waals surface area contributed by atoms with E-state index in [0.717, 1.165) is 6.54 Å². The number of nitrogens with zero attached hydrogens (tertiary/aromatic N) is 2. The van der Waals surface area contributed by atoms with Crippen LogP contribution in [0.5, 0.6) is 0 Å². The third kappa shape index (κ3) is 6.13. The third-order valence-corrected chi connectivity index (χ3v) is 4.62. The van der Waals surface area contributed by atoms with Crippen LogP contribution in [0.15, 0.2) is 24.3 Å². The first-order valence-electron chi connectivity index (χ1n) is 8.97. The predicted molar refractivity (Wildman–Crippen MR) is 96.9 cm³/mol. The minimum absolute atomic E-state index is 0.0587. The van der Waals surface area contributed by atoms with Gasteiger partial charge in [0.15, 0.2) is 0 Å². The molecule has 5 nitrogen and oxygen atoms in total. The van der Waals surface area contributed by atoms with E-state index in [-0.39, 0.29) is 6.03 Å². The minimum Gasteiger partial charge on any atom is -0.383 e. The molecule has 0 aliphatic carbocycles. The van der Waals surface area contributed by atoms with Gasteiger partial charge in [-0.25, -0.2) is 4.79 Å². The highest BCUT2D eigenvalue weighted by atomic mass is 16.5. The monoisotopic (exact) mass is 333 g/mol. The number of amides is 2. The molecule has 1 N–H and O–H groups in total. The molecule has 1 aromatic carbocycles. The summed E-state index contributed by atoms with van der Waals surface area (Å²) in [6.07, 6.45) is 5.29. The summed E-state index contributed by atoms with van der Waals surface area (Å²) in [5.74, 6) is 0. The fourth-order valence-corrected chi connectivity index (χ4v) is 3.05. The van der Waals surface area contributed by atoms with E-state index >= 15 is 0 Å². The highest BCUT2D eigenvalue weighted by Crippen LogP contribution is 2.16. The van der Waals surface area contributed by atoms with E-state index in [9.17, 15) is 4.79 Å². The molecule has 1 heterocycles. The van der Waals surface area contributed by atoms with Gasteiger partial charge in [0.1, 0.15) is 0 Å². The fourth-order valence-electron chi connectivity index (χ4n) is 3.05.